The Hall–Kier alpha value is -2.22. The zero-order valence-corrected chi connectivity index (χ0v) is 17.0. The van der Waals surface area contributed by atoms with E-state index in [1.54, 1.807) is 4.68 Å². The summed E-state index contributed by atoms with van der Waals surface area (Å²) in [5.41, 5.74) is 0.546. The number of carbonyl (C=O) groups is 1. The van der Waals surface area contributed by atoms with E-state index in [4.69, 9.17) is 0 Å². The number of aromatic nitrogens is 5. The molecule has 0 radical (unpaired) electrons. The molecule has 2 saturated heterocycles. The van der Waals surface area contributed by atoms with Gasteiger partial charge in [-0.25, -0.2) is 0 Å². The van der Waals surface area contributed by atoms with E-state index < -0.39 is 0 Å². The maximum atomic E-state index is 12.7. The van der Waals surface area contributed by atoms with Crippen molar-refractivity contribution in [3.05, 3.63) is 29.6 Å². The fourth-order valence-corrected chi connectivity index (χ4v) is 4.41. The number of likely N-dealkylation sites (tertiary alicyclic amines) is 2. The van der Waals surface area contributed by atoms with Gasteiger partial charge in [0.2, 0.25) is 0 Å². The van der Waals surface area contributed by atoms with Crippen LogP contribution in [0.1, 0.15) is 67.6 Å². The number of carbonyl (C=O) groups excluding carboxylic acids is 1. The number of rotatable bonds is 6. The minimum absolute atomic E-state index is 0.0392. The van der Waals surface area contributed by atoms with Crippen LogP contribution in [0.4, 0.5) is 0 Å². The summed E-state index contributed by atoms with van der Waals surface area (Å²) in [6.45, 7) is 10.6. The second-order valence-electron chi connectivity index (χ2n) is 7.83. The molecule has 8 heteroatoms. The highest BCUT2D eigenvalue weighted by atomic mass is 16.2. The lowest BCUT2D eigenvalue weighted by Crippen LogP contribution is -2.38. The van der Waals surface area contributed by atoms with Gasteiger partial charge in [0.15, 0.2) is 0 Å². The molecule has 0 aliphatic carbocycles. The molecular formula is C20H31N7O. The molecule has 0 aromatic carbocycles. The van der Waals surface area contributed by atoms with Crippen molar-refractivity contribution in [2.45, 2.75) is 65.1 Å². The highest BCUT2D eigenvalue weighted by molar-refractivity contribution is 5.92. The van der Waals surface area contributed by atoms with Crippen LogP contribution in [0.2, 0.25) is 0 Å². The Morgan fingerprint density at radius 2 is 1.82 bits per heavy atom. The summed E-state index contributed by atoms with van der Waals surface area (Å²) in [6.07, 6.45) is 6.31. The molecular weight excluding hydrogens is 354 g/mol. The molecule has 0 bridgehead atoms. The van der Waals surface area contributed by atoms with E-state index in [0.717, 1.165) is 57.2 Å². The van der Waals surface area contributed by atoms with Gasteiger partial charge in [0.1, 0.15) is 17.3 Å². The molecule has 0 saturated carbocycles. The number of aryl methyl sites for hydroxylation is 1. The highest BCUT2D eigenvalue weighted by Gasteiger charge is 2.29. The molecule has 0 atom stereocenters. The molecule has 0 unspecified atom stereocenters. The minimum Gasteiger partial charge on any atom is -0.337 e. The average Bonchev–Trinajstić information content (AvgIpc) is 3.48. The fraction of sp³-hybridized carbons (Fsp3) is 0.700. The Bertz CT molecular complexity index is 797. The van der Waals surface area contributed by atoms with Crippen molar-refractivity contribution in [1.82, 2.24) is 34.3 Å². The second-order valence-corrected chi connectivity index (χ2v) is 7.83. The molecule has 2 fully saturated rings. The van der Waals surface area contributed by atoms with Crippen molar-refractivity contribution in [2.75, 3.05) is 26.2 Å². The van der Waals surface area contributed by atoms with Crippen molar-refractivity contribution < 1.29 is 4.79 Å². The maximum Gasteiger partial charge on any atom is 0.274 e. The van der Waals surface area contributed by atoms with Crippen LogP contribution in [0.15, 0.2) is 12.3 Å². The Morgan fingerprint density at radius 1 is 1.07 bits per heavy atom. The largest absolute Gasteiger partial charge is 0.337 e. The van der Waals surface area contributed by atoms with Crippen LogP contribution in [0.5, 0.6) is 0 Å². The molecule has 0 N–H and O–H groups in total. The van der Waals surface area contributed by atoms with E-state index in [1.807, 2.05) is 24.1 Å². The summed E-state index contributed by atoms with van der Waals surface area (Å²) >= 11 is 0. The van der Waals surface area contributed by atoms with Crippen LogP contribution in [0.25, 0.3) is 0 Å². The van der Waals surface area contributed by atoms with E-state index >= 15 is 0 Å². The van der Waals surface area contributed by atoms with Gasteiger partial charge in [-0.3, -0.25) is 14.4 Å². The van der Waals surface area contributed by atoms with E-state index in [1.165, 1.54) is 25.9 Å². The molecule has 152 valence electrons. The van der Waals surface area contributed by atoms with Gasteiger partial charge in [-0.2, -0.15) is 5.10 Å². The van der Waals surface area contributed by atoms with Crippen LogP contribution < -0.4 is 0 Å². The van der Waals surface area contributed by atoms with Crippen molar-refractivity contribution in [3.63, 3.8) is 0 Å². The first kappa shape index (κ1) is 19.1. The summed E-state index contributed by atoms with van der Waals surface area (Å²) in [7, 11) is 0. The predicted octanol–water partition coefficient (Wildman–Crippen LogP) is 2.13. The van der Waals surface area contributed by atoms with Gasteiger partial charge in [-0.15, -0.1) is 10.2 Å². The summed E-state index contributed by atoms with van der Waals surface area (Å²) < 4.78 is 4.09. The van der Waals surface area contributed by atoms with Gasteiger partial charge < -0.3 is 9.47 Å². The standard InChI is InChI=1S/C20H31N7O/c1-3-26-14-9-17(23-26)20(28)25-12-7-16(8-13-25)19-22-21-18(27(19)4-2)15-24-10-5-6-11-24/h9,14,16H,3-8,10-13,15H2,1-2H3. The molecule has 2 aliphatic rings. The van der Waals surface area contributed by atoms with Gasteiger partial charge in [-0.1, -0.05) is 0 Å². The minimum atomic E-state index is 0.0392. The summed E-state index contributed by atoms with van der Waals surface area (Å²) in [5, 5.41) is 13.4. The van der Waals surface area contributed by atoms with Crippen LogP contribution in [-0.4, -0.2) is 66.4 Å². The molecule has 4 rings (SSSR count). The molecule has 2 aromatic heterocycles. The normalized spacial score (nSPS) is 18.9. The quantitative estimate of drug-likeness (QED) is 0.762. The van der Waals surface area contributed by atoms with Crippen LogP contribution in [-0.2, 0) is 19.6 Å². The van der Waals surface area contributed by atoms with Gasteiger partial charge >= 0.3 is 0 Å². The van der Waals surface area contributed by atoms with E-state index in [9.17, 15) is 4.79 Å². The Morgan fingerprint density at radius 3 is 2.46 bits per heavy atom. The van der Waals surface area contributed by atoms with Crippen LogP contribution >= 0.6 is 0 Å². The Balaban J connectivity index is 1.39. The predicted molar refractivity (Wildman–Crippen MR) is 106 cm³/mol. The number of hydrogen-bond acceptors (Lipinski definition) is 5. The molecule has 2 aromatic rings. The molecule has 0 spiro atoms. The van der Waals surface area contributed by atoms with Gasteiger partial charge in [0.05, 0.1) is 6.54 Å². The van der Waals surface area contributed by atoms with Gasteiger partial charge in [0.25, 0.3) is 5.91 Å². The summed E-state index contributed by atoms with van der Waals surface area (Å²) in [6, 6.07) is 1.82. The summed E-state index contributed by atoms with van der Waals surface area (Å²) in [5.74, 6) is 2.59. The SMILES string of the molecule is CCn1ccc(C(=O)N2CCC(c3nnc(CN4CCCC4)n3CC)CC2)n1. The third-order valence-electron chi connectivity index (χ3n) is 6.07. The van der Waals surface area contributed by atoms with Gasteiger partial charge in [-0.05, 0) is 58.7 Å². The van der Waals surface area contributed by atoms with E-state index in [2.05, 4.69) is 31.7 Å². The first-order valence-corrected chi connectivity index (χ1v) is 10.7. The Labute approximate surface area is 166 Å². The molecule has 2 aliphatic heterocycles. The van der Waals surface area contributed by atoms with E-state index in [0.29, 0.717) is 11.6 Å². The number of amides is 1. The highest BCUT2D eigenvalue weighted by Crippen LogP contribution is 2.28. The van der Waals surface area contributed by atoms with Crippen molar-refractivity contribution >= 4 is 5.91 Å². The third kappa shape index (κ3) is 3.83. The lowest BCUT2D eigenvalue weighted by molar-refractivity contribution is 0.0703. The molecule has 28 heavy (non-hydrogen) atoms. The molecule has 4 heterocycles. The lowest BCUT2D eigenvalue weighted by atomic mass is 9.95. The molecule has 1 amide bonds. The first-order valence-electron chi connectivity index (χ1n) is 10.7. The van der Waals surface area contributed by atoms with Gasteiger partial charge in [0, 0.05) is 38.3 Å². The lowest BCUT2D eigenvalue weighted by Gasteiger charge is -2.31. The fourth-order valence-electron chi connectivity index (χ4n) is 4.41. The summed E-state index contributed by atoms with van der Waals surface area (Å²) in [4.78, 5) is 17.1. The maximum absolute atomic E-state index is 12.7. The van der Waals surface area contributed by atoms with Crippen LogP contribution in [0, 0.1) is 0 Å². The third-order valence-corrected chi connectivity index (χ3v) is 6.07. The first-order chi connectivity index (χ1) is 13.7. The second kappa shape index (κ2) is 8.43. The smallest absolute Gasteiger partial charge is 0.274 e. The zero-order chi connectivity index (χ0) is 19.5. The number of hydrogen-bond donors (Lipinski definition) is 0. The Kier molecular flexibility index (Phi) is 5.75. The number of piperidine rings is 1. The molecule has 8 nitrogen and oxygen atoms in total. The van der Waals surface area contributed by atoms with E-state index in [-0.39, 0.29) is 5.91 Å². The van der Waals surface area contributed by atoms with Crippen LogP contribution in [0.3, 0.4) is 0 Å². The zero-order valence-electron chi connectivity index (χ0n) is 17.0. The van der Waals surface area contributed by atoms with Crippen molar-refractivity contribution in [2.24, 2.45) is 0 Å². The topological polar surface area (TPSA) is 72.1 Å². The number of nitrogens with zero attached hydrogens (tertiary/aromatic N) is 7. The van der Waals surface area contributed by atoms with Crippen molar-refractivity contribution in [3.8, 4) is 0 Å². The average molecular weight is 386 g/mol. The van der Waals surface area contributed by atoms with Crippen molar-refractivity contribution in [1.29, 1.82) is 0 Å². The monoisotopic (exact) mass is 385 g/mol.